The van der Waals surface area contributed by atoms with Crippen LogP contribution in [0.2, 0.25) is 0 Å². The molecule has 1 amide bonds. The number of benzene rings is 2. The van der Waals surface area contributed by atoms with E-state index >= 15 is 0 Å². The van der Waals surface area contributed by atoms with Crippen molar-refractivity contribution >= 4 is 34.2 Å². The number of rotatable bonds is 3. The summed E-state index contributed by atoms with van der Waals surface area (Å²) in [5.41, 5.74) is 2.96. The van der Waals surface area contributed by atoms with Crippen LogP contribution in [0.3, 0.4) is 0 Å². The molecular formula is C24H21N3O5. The van der Waals surface area contributed by atoms with Gasteiger partial charge in [-0.05, 0) is 43.3 Å². The highest BCUT2D eigenvalue weighted by Crippen LogP contribution is 2.23. The quantitative estimate of drug-likeness (QED) is 0.536. The van der Waals surface area contributed by atoms with Crippen LogP contribution in [0.4, 0.5) is 5.69 Å². The molecule has 2 aromatic carbocycles. The van der Waals surface area contributed by atoms with Crippen LogP contribution in [0, 0.1) is 6.92 Å². The highest BCUT2D eigenvalue weighted by molar-refractivity contribution is 5.98. The summed E-state index contributed by atoms with van der Waals surface area (Å²) in [6.07, 6.45) is 0. The average molecular weight is 431 g/mol. The number of fused-ring (bicyclic) bond motifs is 3. The Hall–Kier alpha value is -4.07. The molecule has 5 rings (SSSR count). The molecule has 0 radical (unpaired) electrons. The maximum Gasteiger partial charge on any atom is 0.346 e. The zero-order valence-corrected chi connectivity index (χ0v) is 17.4. The molecule has 0 bridgehead atoms. The Bertz CT molecular complexity index is 1430. The highest BCUT2D eigenvalue weighted by atomic mass is 16.4. The molecule has 1 aliphatic rings. The molecule has 2 aromatic heterocycles. The normalized spacial score (nSPS) is 14.3. The number of aryl methyl sites for hydroxylation is 1. The number of aromatic nitrogens is 1. The standard InChI is InChI=1S/C24H21N3O5/c1-15-6-9-21-27(15)20-14-16(7-8-18(20)24(31)32-21)22(28)26-12-10-25(11-13-26)19-5-3-2-4-17(19)23(29)30/h2-9,14H,10-13H2,1H3,(H,29,30). The smallest absolute Gasteiger partial charge is 0.346 e. The van der Waals surface area contributed by atoms with E-state index in [2.05, 4.69) is 0 Å². The van der Waals surface area contributed by atoms with Gasteiger partial charge in [0.15, 0.2) is 0 Å². The van der Waals surface area contributed by atoms with Crippen LogP contribution in [-0.4, -0.2) is 52.5 Å². The Morgan fingerprint density at radius 1 is 0.969 bits per heavy atom. The van der Waals surface area contributed by atoms with Crippen LogP contribution in [0.25, 0.3) is 16.6 Å². The zero-order valence-electron chi connectivity index (χ0n) is 17.4. The fraction of sp³-hybridized carbons (Fsp3) is 0.208. The molecule has 3 heterocycles. The zero-order chi connectivity index (χ0) is 22.4. The van der Waals surface area contributed by atoms with E-state index in [1.165, 1.54) is 0 Å². The number of carbonyl (C=O) groups is 2. The lowest BCUT2D eigenvalue weighted by atomic mass is 10.1. The summed E-state index contributed by atoms with van der Waals surface area (Å²) < 4.78 is 7.19. The van der Waals surface area contributed by atoms with Crippen molar-refractivity contribution in [2.75, 3.05) is 31.1 Å². The van der Waals surface area contributed by atoms with E-state index in [0.717, 1.165) is 5.69 Å². The molecule has 162 valence electrons. The number of nitrogens with zero attached hydrogens (tertiary/aromatic N) is 3. The maximum absolute atomic E-state index is 13.2. The predicted octanol–water partition coefficient (Wildman–Crippen LogP) is 3.01. The van der Waals surface area contributed by atoms with Gasteiger partial charge in [0.1, 0.15) is 0 Å². The van der Waals surface area contributed by atoms with Crippen LogP contribution in [0.15, 0.2) is 63.8 Å². The first-order valence-electron chi connectivity index (χ1n) is 10.4. The first-order valence-corrected chi connectivity index (χ1v) is 10.4. The molecule has 8 heteroatoms. The van der Waals surface area contributed by atoms with Crippen molar-refractivity contribution < 1.29 is 19.1 Å². The number of anilines is 1. The van der Waals surface area contributed by atoms with Crippen LogP contribution >= 0.6 is 0 Å². The number of hydrogen-bond acceptors (Lipinski definition) is 5. The summed E-state index contributed by atoms with van der Waals surface area (Å²) in [5, 5.41) is 9.87. The van der Waals surface area contributed by atoms with E-state index < -0.39 is 11.6 Å². The number of hydrogen-bond donors (Lipinski definition) is 1. The lowest BCUT2D eigenvalue weighted by Gasteiger charge is -2.36. The minimum absolute atomic E-state index is 0.121. The van der Waals surface area contributed by atoms with E-state index in [9.17, 15) is 19.5 Å². The number of carbonyl (C=O) groups excluding carboxylic acids is 1. The number of amides is 1. The Morgan fingerprint density at radius 3 is 2.47 bits per heavy atom. The predicted molar refractivity (Wildman–Crippen MR) is 120 cm³/mol. The van der Waals surface area contributed by atoms with E-state index in [1.807, 2.05) is 28.4 Å². The SMILES string of the molecule is Cc1ccc2oc(=O)c3ccc(C(=O)N4CCN(c5ccccc5C(=O)O)CC4)cc3n12. The summed E-state index contributed by atoms with van der Waals surface area (Å²) in [7, 11) is 0. The molecule has 8 nitrogen and oxygen atoms in total. The van der Waals surface area contributed by atoms with E-state index in [0.29, 0.717) is 54.0 Å². The number of piperazine rings is 1. The Kier molecular flexibility index (Phi) is 4.70. The van der Waals surface area contributed by atoms with Gasteiger partial charge < -0.3 is 19.3 Å². The van der Waals surface area contributed by atoms with Crippen LogP contribution < -0.4 is 10.5 Å². The van der Waals surface area contributed by atoms with Crippen molar-refractivity contribution in [2.45, 2.75) is 6.92 Å². The molecule has 1 fully saturated rings. The van der Waals surface area contributed by atoms with E-state index in [-0.39, 0.29) is 11.5 Å². The second-order valence-corrected chi connectivity index (χ2v) is 7.87. The maximum atomic E-state index is 13.2. The van der Waals surface area contributed by atoms with Crippen LogP contribution in [0.1, 0.15) is 26.4 Å². The van der Waals surface area contributed by atoms with Crippen LogP contribution in [0.5, 0.6) is 0 Å². The molecular weight excluding hydrogens is 410 g/mol. The molecule has 0 saturated carbocycles. The van der Waals surface area contributed by atoms with Gasteiger partial charge in [-0.1, -0.05) is 12.1 Å². The summed E-state index contributed by atoms with van der Waals surface area (Å²) in [4.78, 5) is 40.8. The van der Waals surface area contributed by atoms with Gasteiger partial charge in [-0.2, -0.15) is 0 Å². The number of para-hydroxylation sites is 1. The minimum Gasteiger partial charge on any atom is -0.478 e. The van der Waals surface area contributed by atoms with E-state index in [1.54, 1.807) is 47.4 Å². The highest BCUT2D eigenvalue weighted by Gasteiger charge is 2.25. The van der Waals surface area contributed by atoms with Crippen molar-refractivity contribution in [3.8, 4) is 0 Å². The van der Waals surface area contributed by atoms with Gasteiger partial charge in [-0.25, -0.2) is 9.59 Å². The van der Waals surface area contributed by atoms with Gasteiger partial charge in [0.2, 0.25) is 5.71 Å². The monoisotopic (exact) mass is 431 g/mol. The van der Waals surface area contributed by atoms with Crippen LogP contribution in [-0.2, 0) is 0 Å². The molecule has 1 saturated heterocycles. The molecule has 0 aliphatic carbocycles. The van der Waals surface area contributed by atoms with Gasteiger partial charge in [0.25, 0.3) is 5.91 Å². The van der Waals surface area contributed by atoms with Crippen molar-refractivity contribution in [1.29, 1.82) is 0 Å². The number of aromatic carboxylic acids is 1. The van der Waals surface area contributed by atoms with Gasteiger partial charge in [0.05, 0.1) is 22.2 Å². The fourth-order valence-corrected chi connectivity index (χ4v) is 4.34. The number of carboxylic acid groups (broad SMARTS) is 1. The van der Waals surface area contributed by atoms with Gasteiger partial charge >= 0.3 is 11.6 Å². The Morgan fingerprint density at radius 2 is 1.72 bits per heavy atom. The van der Waals surface area contributed by atoms with Crippen molar-refractivity contribution in [1.82, 2.24) is 9.30 Å². The third-order valence-electron chi connectivity index (χ3n) is 5.99. The minimum atomic E-state index is -0.966. The molecule has 1 aliphatic heterocycles. The summed E-state index contributed by atoms with van der Waals surface area (Å²) in [5.74, 6) is -1.09. The summed E-state index contributed by atoms with van der Waals surface area (Å²) >= 11 is 0. The molecule has 0 unspecified atom stereocenters. The van der Waals surface area contributed by atoms with Gasteiger partial charge in [0, 0.05) is 43.5 Å². The molecule has 0 atom stereocenters. The largest absolute Gasteiger partial charge is 0.478 e. The second kappa shape index (κ2) is 7.56. The first kappa shape index (κ1) is 19.9. The average Bonchev–Trinajstić information content (AvgIpc) is 3.18. The Labute approximate surface area is 182 Å². The van der Waals surface area contributed by atoms with E-state index in [4.69, 9.17) is 4.42 Å². The summed E-state index contributed by atoms with van der Waals surface area (Å²) in [6.45, 7) is 3.93. The molecule has 0 spiro atoms. The second-order valence-electron chi connectivity index (χ2n) is 7.87. The van der Waals surface area contributed by atoms with Crippen molar-refractivity contribution in [3.05, 3.63) is 81.8 Å². The van der Waals surface area contributed by atoms with Crippen molar-refractivity contribution in [3.63, 3.8) is 0 Å². The van der Waals surface area contributed by atoms with Gasteiger partial charge in [-0.3, -0.25) is 9.20 Å². The third kappa shape index (κ3) is 3.20. The third-order valence-corrected chi connectivity index (χ3v) is 5.99. The molecule has 4 aromatic rings. The molecule has 32 heavy (non-hydrogen) atoms. The molecule has 1 N–H and O–H groups in total. The fourth-order valence-electron chi connectivity index (χ4n) is 4.34. The Balaban J connectivity index is 1.41. The lowest BCUT2D eigenvalue weighted by Crippen LogP contribution is -2.49. The van der Waals surface area contributed by atoms with Crippen molar-refractivity contribution in [2.24, 2.45) is 0 Å². The van der Waals surface area contributed by atoms with Gasteiger partial charge in [-0.15, -0.1) is 0 Å². The summed E-state index contributed by atoms with van der Waals surface area (Å²) in [6, 6.07) is 15.5. The lowest BCUT2D eigenvalue weighted by molar-refractivity contribution is 0.0693. The topological polar surface area (TPSA) is 95.5 Å². The first-order chi connectivity index (χ1) is 15.4. The number of carboxylic acids is 1.